The number of hydrogen-bond acceptors (Lipinski definition) is 3. The summed E-state index contributed by atoms with van der Waals surface area (Å²) in [6.07, 6.45) is 4.85. The Bertz CT molecular complexity index is 221. The van der Waals surface area contributed by atoms with Gasteiger partial charge >= 0.3 is 0 Å². The third kappa shape index (κ3) is 11.9. The van der Waals surface area contributed by atoms with Gasteiger partial charge < -0.3 is 5.11 Å². The maximum atomic E-state index is 10.3. The fourth-order valence-corrected chi connectivity index (χ4v) is 1.82. The van der Waals surface area contributed by atoms with Crippen molar-refractivity contribution < 1.29 is 18.1 Å². The van der Waals surface area contributed by atoms with Crippen molar-refractivity contribution in [3.63, 3.8) is 0 Å². The number of aliphatic hydroxyl groups is 1. The van der Waals surface area contributed by atoms with E-state index in [0.29, 0.717) is 6.42 Å². The van der Waals surface area contributed by atoms with E-state index in [-0.39, 0.29) is 11.9 Å². The van der Waals surface area contributed by atoms with Crippen molar-refractivity contribution in [3.05, 3.63) is 0 Å². The normalized spacial score (nSPS) is 14.2. The third-order valence-electron chi connectivity index (χ3n) is 2.02. The Morgan fingerprint density at radius 1 is 1.07 bits per heavy atom. The molecule has 0 saturated heterocycles. The summed E-state index contributed by atoms with van der Waals surface area (Å²) in [5.74, 6) is -0.136. The van der Waals surface area contributed by atoms with Gasteiger partial charge in [0.15, 0.2) is 0 Å². The van der Waals surface area contributed by atoms with Crippen LogP contribution in [0.1, 0.15) is 45.4 Å². The first kappa shape index (κ1) is 13.9. The van der Waals surface area contributed by atoms with Crippen LogP contribution in [0.25, 0.3) is 0 Å². The van der Waals surface area contributed by atoms with E-state index in [4.69, 9.17) is 9.66 Å². The zero-order chi connectivity index (χ0) is 11.0. The lowest BCUT2D eigenvalue weighted by Crippen LogP contribution is -2.03. The number of unbranched alkanes of at least 4 members (excludes halogenated alkanes) is 4. The molecule has 5 heteroatoms. The van der Waals surface area contributed by atoms with Crippen LogP contribution in [0, 0.1) is 0 Å². The smallest absolute Gasteiger partial charge is 0.264 e. The van der Waals surface area contributed by atoms with Crippen LogP contribution in [0.4, 0.5) is 0 Å². The molecule has 1 atom stereocenters. The van der Waals surface area contributed by atoms with Gasteiger partial charge in [-0.15, -0.1) is 0 Å². The Hall–Kier alpha value is -0.130. The van der Waals surface area contributed by atoms with Crippen LogP contribution >= 0.6 is 0 Å². The highest BCUT2D eigenvalue weighted by Crippen LogP contribution is 2.07. The molecule has 0 amide bonds. The summed E-state index contributed by atoms with van der Waals surface area (Å²) in [6.45, 7) is 1.76. The predicted octanol–water partition coefficient (Wildman–Crippen LogP) is 1.60. The molecule has 14 heavy (non-hydrogen) atoms. The standard InChI is InChI=1S/C9H20O4S/c1-9(10)7-5-3-2-4-6-8-14(11,12)13/h9-10H,2-8H2,1H3,(H,11,12,13). The van der Waals surface area contributed by atoms with Crippen LogP contribution in [0.5, 0.6) is 0 Å². The van der Waals surface area contributed by atoms with Crippen molar-refractivity contribution in [3.8, 4) is 0 Å². The van der Waals surface area contributed by atoms with Crippen LogP contribution < -0.4 is 0 Å². The van der Waals surface area contributed by atoms with Gasteiger partial charge in [-0.25, -0.2) is 0 Å². The molecular formula is C9H20O4S. The van der Waals surface area contributed by atoms with E-state index in [9.17, 15) is 8.42 Å². The lowest BCUT2D eigenvalue weighted by atomic mass is 10.1. The summed E-state index contributed by atoms with van der Waals surface area (Å²) in [4.78, 5) is 0. The summed E-state index contributed by atoms with van der Waals surface area (Å²) in [5.41, 5.74) is 0. The zero-order valence-electron chi connectivity index (χ0n) is 8.65. The molecular weight excluding hydrogens is 204 g/mol. The van der Waals surface area contributed by atoms with Crippen molar-refractivity contribution in [2.45, 2.75) is 51.6 Å². The number of rotatable bonds is 8. The van der Waals surface area contributed by atoms with Gasteiger partial charge in [-0.05, 0) is 19.8 Å². The topological polar surface area (TPSA) is 74.6 Å². The van der Waals surface area contributed by atoms with Crippen LogP contribution in [0.3, 0.4) is 0 Å². The Morgan fingerprint density at radius 2 is 1.57 bits per heavy atom. The van der Waals surface area contributed by atoms with Gasteiger partial charge in [0.05, 0.1) is 11.9 Å². The zero-order valence-corrected chi connectivity index (χ0v) is 9.46. The van der Waals surface area contributed by atoms with E-state index in [1.54, 1.807) is 6.92 Å². The lowest BCUT2D eigenvalue weighted by molar-refractivity contribution is 0.180. The SMILES string of the molecule is CC(O)CCCCCCCS(=O)(=O)O. The Balaban J connectivity index is 3.15. The van der Waals surface area contributed by atoms with Crippen LogP contribution in [0.2, 0.25) is 0 Å². The van der Waals surface area contributed by atoms with Crippen LogP contribution in [-0.2, 0) is 10.1 Å². The first-order valence-electron chi connectivity index (χ1n) is 5.05. The summed E-state index contributed by atoms with van der Waals surface area (Å²) in [7, 11) is -3.77. The molecule has 0 heterocycles. The van der Waals surface area contributed by atoms with Gasteiger partial charge in [-0.3, -0.25) is 4.55 Å². The maximum Gasteiger partial charge on any atom is 0.264 e. The van der Waals surface area contributed by atoms with Crippen molar-refractivity contribution >= 4 is 10.1 Å². The first-order chi connectivity index (χ1) is 6.42. The average Bonchev–Trinajstić information content (AvgIpc) is 2.00. The quantitative estimate of drug-likeness (QED) is 0.485. The highest BCUT2D eigenvalue weighted by atomic mass is 32.2. The summed E-state index contributed by atoms with van der Waals surface area (Å²) < 4.78 is 29.1. The molecule has 0 fully saturated rings. The second-order valence-electron chi connectivity index (χ2n) is 3.69. The minimum atomic E-state index is -3.77. The highest BCUT2D eigenvalue weighted by molar-refractivity contribution is 7.85. The molecule has 86 valence electrons. The molecule has 0 aliphatic carbocycles. The Kier molecular flexibility index (Phi) is 7.13. The molecule has 0 aromatic heterocycles. The van der Waals surface area contributed by atoms with E-state index < -0.39 is 10.1 Å². The Morgan fingerprint density at radius 3 is 2.07 bits per heavy atom. The minimum Gasteiger partial charge on any atom is -0.393 e. The van der Waals surface area contributed by atoms with Crippen molar-refractivity contribution in [1.82, 2.24) is 0 Å². The van der Waals surface area contributed by atoms with E-state index in [2.05, 4.69) is 0 Å². The van der Waals surface area contributed by atoms with Crippen molar-refractivity contribution in [2.75, 3.05) is 5.75 Å². The summed E-state index contributed by atoms with van der Waals surface area (Å²) >= 11 is 0. The van der Waals surface area contributed by atoms with E-state index in [0.717, 1.165) is 32.1 Å². The molecule has 4 nitrogen and oxygen atoms in total. The van der Waals surface area contributed by atoms with Crippen LogP contribution in [0.15, 0.2) is 0 Å². The molecule has 0 rings (SSSR count). The number of hydrogen-bond donors (Lipinski definition) is 2. The van der Waals surface area contributed by atoms with E-state index >= 15 is 0 Å². The van der Waals surface area contributed by atoms with Crippen molar-refractivity contribution in [2.24, 2.45) is 0 Å². The van der Waals surface area contributed by atoms with Gasteiger partial charge in [0.1, 0.15) is 0 Å². The predicted molar refractivity (Wildman–Crippen MR) is 55.8 cm³/mol. The summed E-state index contributed by atoms with van der Waals surface area (Å²) in [6, 6.07) is 0. The molecule has 0 bridgehead atoms. The first-order valence-corrected chi connectivity index (χ1v) is 6.66. The van der Waals surface area contributed by atoms with E-state index in [1.165, 1.54) is 0 Å². The average molecular weight is 224 g/mol. The molecule has 0 radical (unpaired) electrons. The van der Waals surface area contributed by atoms with Gasteiger partial charge in [0.25, 0.3) is 10.1 Å². The molecule has 0 aliphatic heterocycles. The minimum absolute atomic E-state index is 0.136. The number of aliphatic hydroxyl groups excluding tert-OH is 1. The molecule has 0 spiro atoms. The molecule has 0 saturated carbocycles. The highest BCUT2D eigenvalue weighted by Gasteiger charge is 2.03. The summed E-state index contributed by atoms with van der Waals surface area (Å²) in [5, 5.41) is 8.95. The van der Waals surface area contributed by atoms with Gasteiger partial charge in [0.2, 0.25) is 0 Å². The molecule has 0 aliphatic rings. The largest absolute Gasteiger partial charge is 0.393 e. The van der Waals surface area contributed by atoms with Gasteiger partial charge in [-0.2, -0.15) is 8.42 Å². The fraction of sp³-hybridized carbons (Fsp3) is 1.00. The molecule has 2 N–H and O–H groups in total. The molecule has 0 aromatic rings. The second-order valence-corrected chi connectivity index (χ2v) is 5.26. The monoisotopic (exact) mass is 224 g/mol. The molecule has 1 unspecified atom stereocenters. The van der Waals surface area contributed by atoms with Crippen LogP contribution in [-0.4, -0.2) is 29.9 Å². The Labute approximate surface area is 86.1 Å². The van der Waals surface area contributed by atoms with Crippen molar-refractivity contribution in [1.29, 1.82) is 0 Å². The third-order valence-corrected chi connectivity index (χ3v) is 2.83. The lowest BCUT2D eigenvalue weighted by Gasteiger charge is -2.03. The maximum absolute atomic E-state index is 10.3. The molecule has 0 aromatic carbocycles. The van der Waals surface area contributed by atoms with E-state index in [1.807, 2.05) is 0 Å². The second kappa shape index (κ2) is 7.20. The van der Waals surface area contributed by atoms with Gasteiger partial charge in [-0.1, -0.05) is 25.7 Å². The fourth-order valence-electron chi connectivity index (χ4n) is 1.25. The van der Waals surface area contributed by atoms with Gasteiger partial charge in [0, 0.05) is 0 Å².